The third kappa shape index (κ3) is 4.56. The van der Waals surface area contributed by atoms with Gasteiger partial charge in [-0.05, 0) is 77.3 Å². The van der Waals surface area contributed by atoms with Gasteiger partial charge in [0.2, 0.25) is 11.8 Å². The molecule has 4 aliphatic rings. The molecule has 13 nitrogen and oxygen atoms in total. The predicted molar refractivity (Wildman–Crippen MR) is 155 cm³/mol. The Morgan fingerprint density at radius 3 is 2.28 bits per heavy atom. The Kier molecular flexibility index (Phi) is 7.72. The van der Waals surface area contributed by atoms with Crippen molar-refractivity contribution in [3.05, 3.63) is 17.2 Å². The lowest BCUT2D eigenvalue weighted by atomic mass is 9.52. The number of carbonyl (C=O) groups excluding carboxylic acids is 6. The maximum Gasteiger partial charge on any atom is 0.241 e. The molecule has 1 aromatic rings. The number of hydrogen-bond donors (Lipinski definition) is 4. The first-order valence-electron chi connectivity index (χ1n) is 14.6. The Labute approximate surface area is 249 Å². The molecule has 1 aliphatic heterocycles. The van der Waals surface area contributed by atoms with E-state index in [0.29, 0.717) is 11.3 Å². The molecule has 5 N–H and O–H groups in total. The van der Waals surface area contributed by atoms with Crippen LogP contribution in [-0.4, -0.2) is 114 Å². The highest BCUT2D eigenvalue weighted by Crippen LogP contribution is 2.52. The molecule has 232 valence electrons. The summed E-state index contributed by atoms with van der Waals surface area (Å²) in [5, 5.41) is 25.9. The quantitative estimate of drug-likeness (QED) is 0.241. The van der Waals surface area contributed by atoms with Crippen LogP contribution in [0.3, 0.4) is 0 Å². The molecule has 0 radical (unpaired) electrons. The van der Waals surface area contributed by atoms with E-state index in [1.165, 1.54) is 19.0 Å². The fourth-order valence-corrected chi connectivity index (χ4v) is 7.68. The number of likely N-dealkylation sites (tertiary alicyclic amines) is 1. The summed E-state index contributed by atoms with van der Waals surface area (Å²) >= 11 is 0. The van der Waals surface area contributed by atoms with Crippen LogP contribution in [0, 0.1) is 23.7 Å². The van der Waals surface area contributed by atoms with Gasteiger partial charge in [-0.3, -0.25) is 38.6 Å². The normalized spacial score (nSPS) is 31.4. The zero-order chi connectivity index (χ0) is 31.7. The van der Waals surface area contributed by atoms with E-state index in [9.17, 15) is 39.0 Å². The van der Waals surface area contributed by atoms with Crippen molar-refractivity contribution in [2.45, 2.75) is 50.3 Å². The second-order valence-electron chi connectivity index (χ2n) is 12.7. The fourth-order valence-electron chi connectivity index (χ4n) is 7.68. The van der Waals surface area contributed by atoms with E-state index in [-0.39, 0.29) is 30.0 Å². The molecule has 5 rings (SSSR count). The summed E-state index contributed by atoms with van der Waals surface area (Å²) in [6, 6.07) is -0.0567. The van der Waals surface area contributed by atoms with Gasteiger partial charge in [-0.15, -0.1) is 0 Å². The van der Waals surface area contributed by atoms with Gasteiger partial charge in [0.15, 0.2) is 34.7 Å². The molecule has 2 saturated carbocycles. The van der Waals surface area contributed by atoms with Crippen LogP contribution >= 0.6 is 0 Å². The number of phenols is 1. The number of phenolic OH excluding ortho intramolecular Hbond substituents is 1. The molecule has 3 aliphatic carbocycles. The molecule has 0 spiro atoms. The maximum absolute atomic E-state index is 14.1. The number of nitrogens with one attached hydrogen (secondary N) is 1. The van der Waals surface area contributed by atoms with Gasteiger partial charge in [0.05, 0.1) is 29.3 Å². The topological polar surface area (TPSA) is 191 Å². The number of hydrogen-bond acceptors (Lipinski definition) is 11. The average molecular weight is 598 g/mol. The van der Waals surface area contributed by atoms with Gasteiger partial charge in [0, 0.05) is 25.7 Å². The summed E-state index contributed by atoms with van der Waals surface area (Å²) in [7, 11) is 6.57. The largest absolute Gasteiger partial charge is 0.505 e. The number of amides is 2. The van der Waals surface area contributed by atoms with Crippen molar-refractivity contribution in [3.8, 4) is 5.75 Å². The van der Waals surface area contributed by atoms with Crippen LogP contribution in [0.4, 0.5) is 11.4 Å². The van der Waals surface area contributed by atoms with Gasteiger partial charge in [0.1, 0.15) is 5.75 Å². The fraction of sp³-hybridized carbons (Fsp3) is 0.600. The SMILES string of the molecule is CC(C(=O)Nc1cc(N(C)C)c2c(c1O)C(=O)C1C(=O)[C@]3(O)C(=O)C(C(N)=O)C(=O)[C@@H](N(C)C)C3CC1C2)N1CCCC1. The molecule has 0 aromatic heterocycles. The summed E-state index contributed by atoms with van der Waals surface area (Å²) in [6.45, 7) is 3.32. The van der Waals surface area contributed by atoms with Gasteiger partial charge in [0.25, 0.3) is 0 Å². The zero-order valence-electron chi connectivity index (χ0n) is 25.0. The van der Waals surface area contributed by atoms with Crippen LogP contribution in [0.2, 0.25) is 0 Å². The average Bonchev–Trinajstić information content (AvgIpc) is 3.46. The Hall–Kier alpha value is -3.68. The molecule has 1 heterocycles. The molecule has 7 atom stereocenters. The van der Waals surface area contributed by atoms with Crippen LogP contribution < -0.4 is 16.0 Å². The van der Waals surface area contributed by atoms with Gasteiger partial charge in [-0.25, -0.2) is 0 Å². The van der Waals surface area contributed by atoms with Gasteiger partial charge in [-0.1, -0.05) is 0 Å². The summed E-state index contributed by atoms with van der Waals surface area (Å²) in [4.78, 5) is 85.5. The van der Waals surface area contributed by atoms with Crippen LogP contribution in [0.5, 0.6) is 5.75 Å². The van der Waals surface area contributed by atoms with E-state index in [1.807, 2.05) is 4.90 Å². The highest BCUT2D eigenvalue weighted by atomic mass is 16.3. The van der Waals surface area contributed by atoms with E-state index in [4.69, 9.17) is 5.73 Å². The number of ketones is 4. The summed E-state index contributed by atoms with van der Waals surface area (Å²) in [5.41, 5.74) is 3.43. The number of primary amides is 1. The number of nitrogens with two attached hydrogens (primary N) is 1. The van der Waals surface area contributed by atoms with Crippen molar-refractivity contribution < 1.29 is 39.0 Å². The van der Waals surface area contributed by atoms with Crippen LogP contribution in [0.25, 0.3) is 0 Å². The monoisotopic (exact) mass is 597 g/mol. The van der Waals surface area contributed by atoms with Gasteiger partial charge < -0.3 is 26.2 Å². The number of benzene rings is 1. The number of nitrogens with zero attached hydrogens (tertiary/aromatic N) is 3. The second-order valence-corrected chi connectivity index (χ2v) is 12.7. The minimum absolute atomic E-state index is 0.00551. The lowest BCUT2D eigenvalue weighted by Crippen LogP contribution is -2.74. The number of aliphatic hydroxyl groups is 1. The van der Waals surface area contributed by atoms with E-state index < -0.39 is 76.1 Å². The van der Waals surface area contributed by atoms with Crippen molar-refractivity contribution >= 4 is 46.3 Å². The Balaban J connectivity index is 1.58. The minimum Gasteiger partial charge on any atom is -0.505 e. The Morgan fingerprint density at radius 2 is 1.72 bits per heavy atom. The standard InChI is InChI=1S/C30H39N5O8/c1-13(35-8-6-7-9-35)29(42)32-17-12-18(33(2)3)15-10-14-11-16-22(34(4)5)25(38)21(28(31)41)27(40)30(16,43)26(39)19(14)24(37)20(15)23(17)36/h12-14,16,19,21-22,36,43H,6-11H2,1-5H3,(H2,31,41)(H,32,42)/t13?,14?,16?,19?,21?,22-,30-/m0/s1. The van der Waals surface area contributed by atoms with E-state index in [1.54, 1.807) is 32.0 Å². The Bertz CT molecular complexity index is 1430. The first-order valence-corrected chi connectivity index (χ1v) is 14.6. The Morgan fingerprint density at radius 1 is 1.09 bits per heavy atom. The third-order valence-corrected chi connectivity index (χ3v) is 9.85. The molecular weight excluding hydrogens is 558 g/mol. The van der Waals surface area contributed by atoms with Crippen molar-refractivity contribution in [1.82, 2.24) is 9.80 Å². The molecule has 1 aromatic carbocycles. The maximum atomic E-state index is 14.1. The summed E-state index contributed by atoms with van der Waals surface area (Å²) < 4.78 is 0. The van der Waals surface area contributed by atoms with Crippen molar-refractivity contribution in [2.75, 3.05) is 51.5 Å². The molecule has 43 heavy (non-hydrogen) atoms. The van der Waals surface area contributed by atoms with Crippen LogP contribution in [0.1, 0.15) is 42.1 Å². The highest BCUT2D eigenvalue weighted by molar-refractivity contribution is 6.32. The minimum atomic E-state index is -2.80. The smallest absolute Gasteiger partial charge is 0.241 e. The number of aromatic hydroxyl groups is 1. The predicted octanol–water partition coefficient (Wildman–Crippen LogP) is -0.644. The van der Waals surface area contributed by atoms with Gasteiger partial charge in [-0.2, -0.15) is 0 Å². The van der Waals surface area contributed by atoms with Crippen molar-refractivity contribution in [2.24, 2.45) is 29.4 Å². The first kappa shape index (κ1) is 30.8. The highest BCUT2D eigenvalue weighted by Gasteiger charge is 2.69. The molecule has 1 saturated heterocycles. The number of fused-ring (bicyclic) bond motifs is 3. The molecule has 5 unspecified atom stereocenters. The lowest BCUT2D eigenvalue weighted by molar-refractivity contribution is -0.181. The van der Waals surface area contributed by atoms with Crippen molar-refractivity contribution in [1.29, 1.82) is 0 Å². The second kappa shape index (κ2) is 10.8. The molecular formula is C30H39N5O8. The number of rotatable bonds is 6. The van der Waals surface area contributed by atoms with Crippen LogP contribution in [-0.2, 0) is 30.4 Å². The number of carbonyl (C=O) groups is 6. The summed E-state index contributed by atoms with van der Waals surface area (Å²) in [6.07, 6.45) is 2.06. The van der Waals surface area contributed by atoms with E-state index in [2.05, 4.69) is 5.32 Å². The van der Waals surface area contributed by atoms with Crippen molar-refractivity contribution in [3.63, 3.8) is 0 Å². The van der Waals surface area contributed by atoms with Gasteiger partial charge >= 0.3 is 0 Å². The number of likely N-dealkylation sites (N-methyl/N-ethyl adjacent to an activating group) is 1. The molecule has 0 bridgehead atoms. The van der Waals surface area contributed by atoms with E-state index in [0.717, 1.165) is 25.9 Å². The molecule has 3 fully saturated rings. The lowest BCUT2D eigenvalue weighted by Gasteiger charge is -2.52. The number of anilines is 2. The third-order valence-electron chi connectivity index (χ3n) is 9.85. The number of Topliss-reactive ketones (excluding diaryl/α,β-unsaturated/α-hetero) is 4. The van der Waals surface area contributed by atoms with Crippen LogP contribution in [0.15, 0.2) is 6.07 Å². The zero-order valence-corrected chi connectivity index (χ0v) is 25.0. The first-order chi connectivity index (χ1) is 20.1. The molecule has 13 heteroatoms. The summed E-state index contributed by atoms with van der Waals surface area (Å²) in [5.74, 6) is -11.6. The molecule has 2 amide bonds. The van der Waals surface area contributed by atoms with E-state index >= 15 is 0 Å².